The number of aromatic amines is 1. The Morgan fingerprint density at radius 3 is 2.88 bits per heavy atom. The third-order valence-corrected chi connectivity index (χ3v) is 6.46. The number of hydrogen-bond donors (Lipinski definition) is 2. The van der Waals surface area contributed by atoms with E-state index in [1.165, 1.54) is 6.07 Å². The predicted molar refractivity (Wildman–Crippen MR) is 101 cm³/mol. The minimum absolute atomic E-state index is 0.0543. The van der Waals surface area contributed by atoms with Gasteiger partial charge in [0.15, 0.2) is 0 Å². The number of hydrogen-bond acceptors (Lipinski definition) is 5. The molecule has 1 spiro atoms. The Kier molecular flexibility index (Phi) is 4.67. The number of carbonyl (C=O) groups is 1. The van der Waals surface area contributed by atoms with E-state index in [2.05, 4.69) is 15.3 Å². The molecule has 1 aliphatic heterocycles. The molecular formula is C19H24N4O2S. The van der Waals surface area contributed by atoms with Crippen molar-refractivity contribution in [3.8, 4) is 0 Å². The van der Waals surface area contributed by atoms with Crippen LogP contribution in [-0.2, 0) is 13.0 Å². The van der Waals surface area contributed by atoms with Crippen molar-refractivity contribution in [3.63, 3.8) is 0 Å². The first-order chi connectivity index (χ1) is 12.6. The summed E-state index contributed by atoms with van der Waals surface area (Å²) in [7, 11) is 0. The molecule has 2 fully saturated rings. The lowest BCUT2D eigenvalue weighted by Crippen LogP contribution is -2.39. The third kappa shape index (κ3) is 3.33. The summed E-state index contributed by atoms with van der Waals surface area (Å²) < 4.78 is 0. The summed E-state index contributed by atoms with van der Waals surface area (Å²) in [6, 6.07) is 3.48. The highest BCUT2D eigenvalue weighted by molar-refractivity contribution is 7.09. The van der Waals surface area contributed by atoms with Crippen molar-refractivity contribution in [2.24, 2.45) is 5.41 Å². The van der Waals surface area contributed by atoms with Crippen LogP contribution in [0.15, 0.2) is 28.5 Å². The van der Waals surface area contributed by atoms with Crippen LogP contribution in [0.3, 0.4) is 0 Å². The monoisotopic (exact) mass is 372 g/mol. The van der Waals surface area contributed by atoms with E-state index >= 15 is 0 Å². The molecule has 2 aromatic rings. The summed E-state index contributed by atoms with van der Waals surface area (Å²) >= 11 is 1.57. The van der Waals surface area contributed by atoms with Crippen molar-refractivity contribution in [1.29, 1.82) is 0 Å². The minimum atomic E-state index is -0.214. The third-order valence-electron chi connectivity index (χ3n) is 5.70. The number of amides is 1. The second-order valence-electron chi connectivity index (χ2n) is 7.30. The van der Waals surface area contributed by atoms with Gasteiger partial charge in [0.2, 0.25) is 5.56 Å². The van der Waals surface area contributed by atoms with Crippen LogP contribution in [0, 0.1) is 5.41 Å². The number of nitrogens with zero attached hydrogens (tertiary/aromatic N) is 2. The van der Waals surface area contributed by atoms with Gasteiger partial charge in [-0.05, 0) is 50.3 Å². The number of H-pyrrole nitrogens is 1. The maximum Gasteiger partial charge on any atom is 0.254 e. The first kappa shape index (κ1) is 17.4. The van der Waals surface area contributed by atoms with Crippen molar-refractivity contribution < 1.29 is 4.79 Å². The van der Waals surface area contributed by atoms with Crippen molar-refractivity contribution >= 4 is 17.2 Å². The van der Waals surface area contributed by atoms with E-state index in [1.54, 1.807) is 17.5 Å². The highest BCUT2D eigenvalue weighted by Crippen LogP contribution is 2.56. The molecule has 1 unspecified atom stereocenters. The van der Waals surface area contributed by atoms with Crippen molar-refractivity contribution in [2.45, 2.75) is 45.2 Å². The van der Waals surface area contributed by atoms with Gasteiger partial charge < -0.3 is 15.2 Å². The van der Waals surface area contributed by atoms with Gasteiger partial charge in [0.05, 0.1) is 6.54 Å². The lowest BCUT2D eigenvalue weighted by Gasteiger charge is -2.29. The number of aryl methyl sites for hydroxylation is 1. The van der Waals surface area contributed by atoms with E-state index < -0.39 is 0 Å². The molecule has 4 rings (SSSR count). The second-order valence-corrected chi connectivity index (χ2v) is 8.28. The van der Waals surface area contributed by atoms with E-state index in [0.29, 0.717) is 18.5 Å². The molecule has 0 bridgehead atoms. The van der Waals surface area contributed by atoms with Crippen LogP contribution in [0.2, 0.25) is 0 Å². The molecule has 3 heterocycles. The van der Waals surface area contributed by atoms with Crippen molar-refractivity contribution in [3.05, 3.63) is 50.3 Å². The Bertz CT molecular complexity index is 839. The fourth-order valence-corrected chi connectivity index (χ4v) is 4.72. The molecule has 7 heteroatoms. The van der Waals surface area contributed by atoms with Gasteiger partial charge >= 0.3 is 0 Å². The lowest BCUT2D eigenvalue weighted by atomic mass is 9.93. The largest absolute Gasteiger partial charge is 0.328 e. The smallest absolute Gasteiger partial charge is 0.254 e. The van der Waals surface area contributed by atoms with Crippen LogP contribution in [-0.4, -0.2) is 39.9 Å². The first-order valence-corrected chi connectivity index (χ1v) is 10.1. The summed E-state index contributed by atoms with van der Waals surface area (Å²) in [6.45, 7) is 4.52. The fourth-order valence-electron chi connectivity index (χ4n) is 4.11. The van der Waals surface area contributed by atoms with Gasteiger partial charge in [-0.25, -0.2) is 4.98 Å². The number of thiazole rings is 1. The molecule has 26 heavy (non-hydrogen) atoms. The molecule has 2 aromatic heterocycles. The standard InChI is InChI=1S/C19H24N4O2S/c1-2-14-9-13(10-16(24)22-14)18(25)23(12-17-21-7-8-26-17)15-11-19(15)3-5-20-6-4-19/h7-10,15,20H,2-6,11-12H2,1H3,(H,22,24). The average Bonchev–Trinajstić information content (AvgIpc) is 3.07. The second kappa shape index (κ2) is 6.96. The Balaban J connectivity index is 1.63. The summed E-state index contributed by atoms with van der Waals surface area (Å²) in [6.07, 6.45) is 5.74. The van der Waals surface area contributed by atoms with Gasteiger partial charge in [-0.15, -0.1) is 11.3 Å². The van der Waals surface area contributed by atoms with Gasteiger partial charge in [0, 0.05) is 34.9 Å². The quantitative estimate of drug-likeness (QED) is 0.843. The number of carbonyl (C=O) groups excluding carboxylic acids is 1. The maximum atomic E-state index is 13.3. The molecule has 2 N–H and O–H groups in total. The van der Waals surface area contributed by atoms with Crippen LogP contribution >= 0.6 is 11.3 Å². The maximum absolute atomic E-state index is 13.3. The molecule has 0 radical (unpaired) electrons. The molecule has 1 atom stereocenters. The Hall–Kier alpha value is -1.99. The van der Waals surface area contributed by atoms with Gasteiger partial charge in [-0.3, -0.25) is 9.59 Å². The molecule has 6 nitrogen and oxygen atoms in total. The molecule has 1 amide bonds. The Labute approximate surface area is 156 Å². The highest BCUT2D eigenvalue weighted by Gasteiger charge is 2.57. The zero-order chi connectivity index (χ0) is 18.1. The number of rotatable bonds is 5. The number of nitrogens with one attached hydrogen (secondary N) is 2. The van der Waals surface area contributed by atoms with E-state index in [0.717, 1.165) is 43.1 Å². The molecule has 1 saturated carbocycles. The number of aromatic nitrogens is 2. The summed E-state index contributed by atoms with van der Waals surface area (Å²) in [5.74, 6) is -0.0543. The van der Waals surface area contributed by atoms with Gasteiger partial charge in [-0.1, -0.05) is 6.92 Å². The zero-order valence-electron chi connectivity index (χ0n) is 15.0. The fraction of sp³-hybridized carbons (Fsp3) is 0.526. The van der Waals surface area contributed by atoms with E-state index in [1.807, 2.05) is 23.3 Å². The van der Waals surface area contributed by atoms with E-state index in [4.69, 9.17) is 0 Å². The summed E-state index contributed by atoms with van der Waals surface area (Å²) in [5.41, 5.74) is 1.31. The normalized spacial score (nSPS) is 20.9. The van der Waals surface area contributed by atoms with E-state index in [-0.39, 0.29) is 22.9 Å². The molecule has 1 saturated heterocycles. The SMILES string of the molecule is CCc1cc(C(=O)N(Cc2nccs2)C2CC23CCNCC3)cc(=O)[nH]1. The minimum Gasteiger partial charge on any atom is -0.328 e. The lowest BCUT2D eigenvalue weighted by molar-refractivity contribution is 0.0691. The van der Waals surface area contributed by atoms with Crippen LogP contribution in [0.1, 0.15) is 47.2 Å². The van der Waals surface area contributed by atoms with Gasteiger partial charge in [0.25, 0.3) is 5.91 Å². The topological polar surface area (TPSA) is 78.1 Å². The highest BCUT2D eigenvalue weighted by atomic mass is 32.1. The summed E-state index contributed by atoms with van der Waals surface area (Å²) in [5, 5.41) is 6.29. The molecule has 138 valence electrons. The Morgan fingerprint density at radius 2 is 2.19 bits per heavy atom. The van der Waals surface area contributed by atoms with Gasteiger partial charge in [0.1, 0.15) is 5.01 Å². The zero-order valence-corrected chi connectivity index (χ0v) is 15.8. The van der Waals surface area contributed by atoms with Crippen LogP contribution in [0.25, 0.3) is 0 Å². The van der Waals surface area contributed by atoms with Gasteiger partial charge in [-0.2, -0.15) is 0 Å². The summed E-state index contributed by atoms with van der Waals surface area (Å²) in [4.78, 5) is 34.4. The van der Waals surface area contributed by atoms with Crippen LogP contribution < -0.4 is 10.9 Å². The molecule has 2 aliphatic rings. The number of piperidine rings is 1. The number of pyridine rings is 1. The first-order valence-electron chi connectivity index (χ1n) is 9.24. The average molecular weight is 372 g/mol. The molecular weight excluding hydrogens is 348 g/mol. The van der Waals surface area contributed by atoms with Crippen LogP contribution in [0.5, 0.6) is 0 Å². The van der Waals surface area contributed by atoms with Crippen molar-refractivity contribution in [1.82, 2.24) is 20.2 Å². The van der Waals surface area contributed by atoms with Crippen LogP contribution in [0.4, 0.5) is 0 Å². The Morgan fingerprint density at radius 1 is 1.38 bits per heavy atom. The predicted octanol–water partition coefficient (Wildman–Crippen LogP) is 2.18. The van der Waals surface area contributed by atoms with Crippen molar-refractivity contribution in [2.75, 3.05) is 13.1 Å². The molecule has 0 aromatic carbocycles. The van der Waals surface area contributed by atoms with E-state index in [9.17, 15) is 9.59 Å². The molecule has 1 aliphatic carbocycles.